The van der Waals surface area contributed by atoms with Crippen molar-refractivity contribution in [3.05, 3.63) is 71.9 Å². The molecule has 2 aromatic carbocycles. The summed E-state index contributed by atoms with van der Waals surface area (Å²) in [6.07, 6.45) is 5.61. The van der Waals surface area contributed by atoms with Gasteiger partial charge in [0.05, 0.1) is 10.7 Å². The van der Waals surface area contributed by atoms with Crippen LogP contribution in [0.2, 0.25) is 0 Å². The second-order valence-corrected chi connectivity index (χ2v) is 8.73. The SMILES string of the molecule is CCCC(SC(C=CSc1ccc(F)cc1)=Nc1ccccc1)C(C)CC. The molecular weight excluding hydrogens is 373 g/mol. The van der Waals surface area contributed by atoms with E-state index in [4.69, 9.17) is 4.99 Å². The maximum Gasteiger partial charge on any atom is 0.123 e. The van der Waals surface area contributed by atoms with E-state index in [1.807, 2.05) is 47.5 Å². The Morgan fingerprint density at radius 3 is 2.41 bits per heavy atom. The van der Waals surface area contributed by atoms with Crippen LogP contribution in [0.15, 0.2) is 76.0 Å². The van der Waals surface area contributed by atoms with Crippen molar-refractivity contribution >= 4 is 34.3 Å². The van der Waals surface area contributed by atoms with Gasteiger partial charge in [-0.05, 0) is 60.2 Å². The van der Waals surface area contributed by atoms with Gasteiger partial charge in [0.2, 0.25) is 0 Å². The Morgan fingerprint density at radius 1 is 1.07 bits per heavy atom. The van der Waals surface area contributed by atoms with E-state index in [2.05, 4.69) is 26.8 Å². The standard InChI is InChI=1S/C23H28FNS2/c1-4-9-22(18(3)5-2)27-23(25-20-10-7-6-8-11-20)16-17-26-21-14-12-19(24)13-15-21/h6-8,10-18,22H,4-5,9H2,1-3H3. The molecule has 0 saturated carbocycles. The summed E-state index contributed by atoms with van der Waals surface area (Å²) in [6, 6.07) is 16.7. The molecule has 0 aliphatic carbocycles. The molecular formula is C23H28FNS2. The molecule has 0 spiro atoms. The number of aliphatic imine (C=N–C) groups is 1. The summed E-state index contributed by atoms with van der Waals surface area (Å²) in [5.41, 5.74) is 0.968. The number of hydrogen-bond acceptors (Lipinski definition) is 3. The molecule has 0 radical (unpaired) electrons. The minimum absolute atomic E-state index is 0.207. The van der Waals surface area contributed by atoms with Crippen LogP contribution in [-0.4, -0.2) is 10.3 Å². The molecule has 0 fully saturated rings. The van der Waals surface area contributed by atoms with Crippen LogP contribution in [0.1, 0.15) is 40.0 Å². The average Bonchev–Trinajstić information content (AvgIpc) is 2.69. The van der Waals surface area contributed by atoms with Crippen molar-refractivity contribution in [2.75, 3.05) is 0 Å². The van der Waals surface area contributed by atoms with E-state index in [0.29, 0.717) is 11.2 Å². The lowest BCUT2D eigenvalue weighted by atomic mass is 10.0. The summed E-state index contributed by atoms with van der Waals surface area (Å²) in [4.78, 5) is 5.88. The molecule has 27 heavy (non-hydrogen) atoms. The highest BCUT2D eigenvalue weighted by Crippen LogP contribution is 2.30. The Labute approximate surface area is 171 Å². The third kappa shape index (κ3) is 7.94. The van der Waals surface area contributed by atoms with Gasteiger partial charge >= 0.3 is 0 Å². The van der Waals surface area contributed by atoms with Crippen molar-refractivity contribution in [2.24, 2.45) is 10.9 Å². The van der Waals surface area contributed by atoms with Gasteiger partial charge in [-0.25, -0.2) is 9.38 Å². The molecule has 0 amide bonds. The Balaban J connectivity index is 2.16. The minimum atomic E-state index is -0.207. The van der Waals surface area contributed by atoms with E-state index < -0.39 is 0 Å². The predicted octanol–water partition coefficient (Wildman–Crippen LogP) is 8.11. The predicted molar refractivity (Wildman–Crippen MR) is 121 cm³/mol. The van der Waals surface area contributed by atoms with Crippen LogP contribution in [0.4, 0.5) is 10.1 Å². The van der Waals surface area contributed by atoms with Gasteiger partial charge < -0.3 is 0 Å². The molecule has 4 heteroatoms. The van der Waals surface area contributed by atoms with Crippen molar-refractivity contribution in [1.29, 1.82) is 0 Å². The van der Waals surface area contributed by atoms with Gasteiger partial charge in [-0.1, -0.05) is 63.6 Å². The molecule has 0 heterocycles. The summed E-state index contributed by atoms with van der Waals surface area (Å²) >= 11 is 3.45. The fourth-order valence-corrected chi connectivity index (χ4v) is 4.71. The highest BCUT2D eigenvalue weighted by atomic mass is 32.2. The van der Waals surface area contributed by atoms with E-state index in [0.717, 1.165) is 15.6 Å². The zero-order valence-corrected chi connectivity index (χ0v) is 17.9. The first-order chi connectivity index (χ1) is 13.1. The van der Waals surface area contributed by atoms with Crippen LogP contribution < -0.4 is 0 Å². The lowest BCUT2D eigenvalue weighted by Crippen LogP contribution is -2.15. The first kappa shape index (κ1) is 21.8. The topological polar surface area (TPSA) is 12.4 Å². The van der Waals surface area contributed by atoms with Crippen molar-refractivity contribution in [1.82, 2.24) is 0 Å². The summed E-state index contributed by atoms with van der Waals surface area (Å²) in [7, 11) is 0. The average molecular weight is 402 g/mol. The monoisotopic (exact) mass is 401 g/mol. The smallest absolute Gasteiger partial charge is 0.123 e. The summed E-state index contributed by atoms with van der Waals surface area (Å²) < 4.78 is 13.1. The summed E-state index contributed by atoms with van der Waals surface area (Å²) in [5.74, 6) is 0.440. The number of nitrogens with zero attached hydrogens (tertiary/aromatic N) is 1. The van der Waals surface area contributed by atoms with Crippen molar-refractivity contribution in [3.8, 4) is 0 Å². The molecule has 144 valence electrons. The fraction of sp³-hybridized carbons (Fsp3) is 0.348. The van der Waals surface area contributed by atoms with Crippen LogP contribution in [0.3, 0.4) is 0 Å². The van der Waals surface area contributed by atoms with Crippen molar-refractivity contribution < 1.29 is 4.39 Å². The van der Waals surface area contributed by atoms with Crippen LogP contribution in [0.5, 0.6) is 0 Å². The zero-order chi connectivity index (χ0) is 19.5. The molecule has 0 aliphatic heterocycles. The van der Waals surface area contributed by atoms with E-state index >= 15 is 0 Å². The number of halogens is 1. The Morgan fingerprint density at radius 2 is 1.78 bits per heavy atom. The van der Waals surface area contributed by atoms with Crippen molar-refractivity contribution in [3.63, 3.8) is 0 Å². The maximum atomic E-state index is 13.1. The summed E-state index contributed by atoms with van der Waals surface area (Å²) in [5, 5.41) is 3.62. The second kappa shape index (κ2) is 12.0. The van der Waals surface area contributed by atoms with E-state index in [-0.39, 0.29) is 5.82 Å². The molecule has 2 aromatic rings. The zero-order valence-electron chi connectivity index (χ0n) is 16.3. The number of para-hydroxylation sites is 1. The quantitative estimate of drug-likeness (QED) is 0.239. The molecule has 0 aliphatic rings. The molecule has 0 N–H and O–H groups in total. The van der Waals surface area contributed by atoms with Gasteiger partial charge in [0.25, 0.3) is 0 Å². The largest absolute Gasteiger partial charge is 0.242 e. The van der Waals surface area contributed by atoms with Crippen LogP contribution in [-0.2, 0) is 0 Å². The Bertz CT molecular complexity index is 726. The van der Waals surface area contributed by atoms with Crippen LogP contribution in [0.25, 0.3) is 0 Å². The van der Waals surface area contributed by atoms with Gasteiger partial charge in [0, 0.05) is 10.1 Å². The summed E-state index contributed by atoms with van der Waals surface area (Å²) in [6.45, 7) is 6.82. The Hall–Kier alpha value is -1.52. The first-order valence-corrected chi connectivity index (χ1v) is 11.3. The number of thioether (sulfide) groups is 2. The van der Waals surface area contributed by atoms with Gasteiger partial charge in [-0.3, -0.25) is 0 Å². The third-order valence-corrected chi connectivity index (χ3v) is 6.64. The van der Waals surface area contributed by atoms with Crippen molar-refractivity contribution in [2.45, 2.75) is 50.2 Å². The molecule has 0 bridgehead atoms. The number of benzene rings is 2. The third-order valence-electron chi connectivity index (χ3n) is 4.35. The molecule has 1 nitrogen and oxygen atoms in total. The second-order valence-electron chi connectivity index (χ2n) is 6.49. The van der Waals surface area contributed by atoms with Gasteiger partial charge in [0.1, 0.15) is 5.82 Å². The fourth-order valence-electron chi connectivity index (χ4n) is 2.58. The first-order valence-electron chi connectivity index (χ1n) is 9.51. The van der Waals surface area contributed by atoms with Gasteiger partial charge in [0.15, 0.2) is 0 Å². The normalized spacial score (nSPS) is 14.4. The maximum absolute atomic E-state index is 13.1. The van der Waals surface area contributed by atoms with Gasteiger partial charge in [-0.2, -0.15) is 0 Å². The number of rotatable bonds is 9. The van der Waals surface area contributed by atoms with Gasteiger partial charge in [-0.15, -0.1) is 11.8 Å². The highest BCUT2D eigenvalue weighted by Gasteiger charge is 2.17. The van der Waals surface area contributed by atoms with Crippen LogP contribution >= 0.6 is 23.5 Å². The number of hydrogen-bond donors (Lipinski definition) is 0. The Kier molecular flexibility index (Phi) is 9.71. The highest BCUT2D eigenvalue weighted by molar-refractivity contribution is 8.15. The lowest BCUT2D eigenvalue weighted by molar-refractivity contribution is 0.508. The van der Waals surface area contributed by atoms with E-state index in [1.54, 1.807) is 23.9 Å². The van der Waals surface area contributed by atoms with E-state index in [9.17, 15) is 4.39 Å². The lowest BCUT2D eigenvalue weighted by Gasteiger charge is -2.22. The molecule has 0 saturated heterocycles. The molecule has 2 atom stereocenters. The molecule has 2 unspecified atom stereocenters. The van der Waals surface area contributed by atoms with E-state index in [1.165, 1.54) is 31.4 Å². The van der Waals surface area contributed by atoms with Crippen LogP contribution in [0, 0.1) is 11.7 Å². The minimum Gasteiger partial charge on any atom is -0.242 e. The molecule has 0 aromatic heterocycles. The molecule has 2 rings (SSSR count).